The molecule has 112 valence electrons. The molecule has 2 heterocycles. The van der Waals surface area contributed by atoms with Crippen LogP contribution in [0.2, 0.25) is 0 Å². The minimum atomic E-state index is 0.236. The molecule has 2 atom stereocenters. The molecule has 0 aromatic heterocycles. The third-order valence-electron chi connectivity index (χ3n) is 4.72. The Morgan fingerprint density at radius 1 is 1.16 bits per heavy atom. The number of fused-ring (bicyclic) bond motifs is 1. The van der Waals surface area contributed by atoms with Crippen molar-refractivity contribution in [3.05, 3.63) is 0 Å². The van der Waals surface area contributed by atoms with Crippen molar-refractivity contribution >= 4 is 0 Å². The van der Waals surface area contributed by atoms with Crippen molar-refractivity contribution in [2.75, 3.05) is 32.7 Å². The monoisotopic (exact) mass is 267 g/mol. The molecular formula is C16H33N3. The molecule has 2 aliphatic rings. The van der Waals surface area contributed by atoms with Gasteiger partial charge >= 0.3 is 0 Å². The van der Waals surface area contributed by atoms with Crippen LogP contribution in [0.25, 0.3) is 0 Å². The molecule has 3 heteroatoms. The van der Waals surface area contributed by atoms with E-state index in [1.54, 1.807) is 0 Å². The maximum absolute atomic E-state index is 3.69. The fourth-order valence-corrected chi connectivity index (χ4v) is 3.47. The van der Waals surface area contributed by atoms with Gasteiger partial charge in [0.05, 0.1) is 0 Å². The molecule has 2 fully saturated rings. The summed E-state index contributed by atoms with van der Waals surface area (Å²) in [7, 11) is 0. The summed E-state index contributed by atoms with van der Waals surface area (Å²) in [6.07, 6.45) is 5.53. The summed E-state index contributed by atoms with van der Waals surface area (Å²) in [6.45, 7) is 15.4. The maximum atomic E-state index is 3.69. The topological polar surface area (TPSA) is 18.5 Å². The van der Waals surface area contributed by atoms with Crippen LogP contribution in [0.1, 0.15) is 53.4 Å². The largest absolute Gasteiger partial charge is 0.311 e. The van der Waals surface area contributed by atoms with Crippen LogP contribution in [0.3, 0.4) is 0 Å². The van der Waals surface area contributed by atoms with Gasteiger partial charge in [0.25, 0.3) is 0 Å². The average molecular weight is 267 g/mol. The van der Waals surface area contributed by atoms with Crippen molar-refractivity contribution in [2.45, 2.75) is 71.0 Å². The molecular weight excluding hydrogens is 234 g/mol. The Kier molecular flexibility index (Phi) is 5.27. The van der Waals surface area contributed by atoms with Crippen LogP contribution in [0.15, 0.2) is 0 Å². The molecule has 0 radical (unpaired) electrons. The summed E-state index contributed by atoms with van der Waals surface area (Å²) in [4.78, 5) is 5.47. The second-order valence-electron chi connectivity index (χ2n) is 7.37. The third-order valence-corrected chi connectivity index (χ3v) is 4.72. The Hall–Kier alpha value is -0.120. The first-order valence-corrected chi connectivity index (χ1v) is 8.22. The standard InChI is InChI=1S/C16H33N3/c1-5-14(12-17-16(2,3)4)19-11-10-18-9-7-6-8-15(18)13-19/h14-15,17H,5-13H2,1-4H3. The van der Waals surface area contributed by atoms with Gasteiger partial charge < -0.3 is 5.32 Å². The van der Waals surface area contributed by atoms with Gasteiger partial charge in [0.15, 0.2) is 0 Å². The van der Waals surface area contributed by atoms with Gasteiger partial charge in [-0.2, -0.15) is 0 Å². The van der Waals surface area contributed by atoms with Crippen molar-refractivity contribution in [1.82, 2.24) is 15.1 Å². The molecule has 0 amide bonds. The van der Waals surface area contributed by atoms with E-state index >= 15 is 0 Å². The number of piperidine rings is 1. The zero-order valence-electron chi connectivity index (χ0n) is 13.4. The summed E-state index contributed by atoms with van der Waals surface area (Å²) in [5.41, 5.74) is 0.236. The molecule has 19 heavy (non-hydrogen) atoms. The van der Waals surface area contributed by atoms with E-state index in [0.717, 1.165) is 12.6 Å². The molecule has 3 nitrogen and oxygen atoms in total. The van der Waals surface area contributed by atoms with Crippen LogP contribution in [-0.2, 0) is 0 Å². The molecule has 0 bridgehead atoms. The average Bonchev–Trinajstić information content (AvgIpc) is 2.38. The molecule has 0 aromatic carbocycles. The summed E-state index contributed by atoms with van der Waals surface area (Å²) >= 11 is 0. The highest BCUT2D eigenvalue weighted by molar-refractivity contribution is 4.89. The van der Waals surface area contributed by atoms with Gasteiger partial charge in [0.1, 0.15) is 0 Å². The van der Waals surface area contributed by atoms with E-state index in [-0.39, 0.29) is 5.54 Å². The van der Waals surface area contributed by atoms with Gasteiger partial charge in [-0.3, -0.25) is 9.80 Å². The molecule has 2 aliphatic heterocycles. The maximum Gasteiger partial charge on any atom is 0.0223 e. The zero-order chi connectivity index (χ0) is 13.9. The molecule has 0 spiro atoms. The summed E-state index contributed by atoms with van der Waals surface area (Å²) in [5, 5.41) is 3.69. The minimum Gasteiger partial charge on any atom is -0.311 e. The van der Waals surface area contributed by atoms with Gasteiger partial charge in [-0.05, 0) is 46.6 Å². The summed E-state index contributed by atoms with van der Waals surface area (Å²) in [5.74, 6) is 0. The first-order valence-electron chi connectivity index (χ1n) is 8.22. The lowest BCUT2D eigenvalue weighted by Crippen LogP contribution is -2.59. The van der Waals surface area contributed by atoms with Crippen LogP contribution >= 0.6 is 0 Å². The van der Waals surface area contributed by atoms with Gasteiger partial charge in [-0.25, -0.2) is 0 Å². The zero-order valence-corrected chi connectivity index (χ0v) is 13.4. The van der Waals surface area contributed by atoms with Gasteiger partial charge in [-0.1, -0.05) is 13.3 Å². The highest BCUT2D eigenvalue weighted by Crippen LogP contribution is 2.22. The molecule has 2 saturated heterocycles. The molecule has 0 saturated carbocycles. The van der Waals surface area contributed by atoms with Crippen LogP contribution in [-0.4, -0.2) is 60.1 Å². The van der Waals surface area contributed by atoms with E-state index < -0.39 is 0 Å². The van der Waals surface area contributed by atoms with E-state index in [0.29, 0.717) is 6.04 Å². The number of nitrogens with zero attached hydrogens (tertiary/aromatic N) is 2. The van der Waals surface area contributed by atoms with Gasteiger partial charge in [-0.15, -0.1) is 0 Å². The van der Waals surface area contributed by atoms with Crippen LogP contribution < -0.4 is 5.32 Å². The van der Waals surface area contributed by atoms with Crippen molar-refractivity contribution in [2.24, 2.45) is 0 Å². The van der Waals surface area contributed by atoms with Crippen molar-refractivity contribution in [1.29, 1.82) is 0 Å². The van der Waals surface area contributed by atoms with E-state index in [9.17, 15) is 0 Å². The predicted molar refractivity (Wildman–Crippen MR) is 82.6 cm³/mol. The highest BCUT2D eigenvalue weighted by atomic mass is 15.3. The minimum absolute atomic E-state index is 0.236. The second-order valence-corrected chi connectivity index (χ2v) is 7.37. The number of hydrogen-bond donors (Lipinski definition) is 1. The quantitative estimate of drug-likeness (QED) is 0.843. The Morgan fingerprint density at radius 2 is 1.95 bits per heavy atom. The van der Waals surface area contributed by atoms with Crippen molar-refractivity contribution in [3.8, 4) is 0 Å². The second kappa shape index (κ2) is 6.55. The summed E-state index contributed by atoms with van der Waals surface area (Å²) < 4.78 is 0. The Bertz CT molecular complexity index is 272. The molecule has 0 aliphatic carbocycles. The Morgan fingerprint density at radius 3 is 2.63 bits per heavy atom. The fraction of sp³-hybridized carbons (Fsp3) is 1.00. The number of piperazine rings is 1. The van der Waals surface area contributed by atoms with Gasteiger partial charge in [0, 0.05) is 43.8 Å². The third kappa shape index (κ3) is 4.44. The van der Waals surface area contributed by atoms with Crippen molar-refractivity contribution in [3.63, 3.8) is 0 Å². The smallest absolute Gasteiger partial charge is 0.0223 e. The number of rotatable bonds is 4. The molecule has 0 aromatic rings. The SMILES string of the molecule is CCC(CNC(C)(C)C)N1CCN2CCCCC2C1. The summed E-state index contributed by atoms with van der Waals surface area (Å²) in [6, 6.07) is 1.55. The van der Waals surface area contributed by atoms with E-state index in [1.165, 1.54) is 51.9 Å². The molecule has 1 N–H and O–H groups in total. The van der Waals surface area contributed by atoms with E-state index in [4.69, 9.17) is 0 Å². The Labute approximate surface area is 119 Å². The Balaban J connectivity index is 1.85. The molecule has 2 unspecified atom stereocenters. The molecule has 2 rings (SSSR count). The number of hydrogen-bond acceptors (Lipinski definition) is 3. The first kappa shape index (κ1) is 15.3. The van der Waals surface area contributed by atoms with E-state index in [2.05, 4.69) is 42.8 Å². The lowest BCUT2D eigenvalue weighted by Gasteiger charge is -2.46. The van der Waals surface area contributed by atoms with Gasteiger partial charge in [0.2, 0.25) is 0 Å². The highest BCUT2D eigenvalue weighted by Gasteiger charge is 2.31. The lowest BCUT2D eigenvalue weighted by molar-refractivity contribution is 0.0251. The van der Waals surface area contributed by atoms with Crippen LogP contribution in [0.5, 0.6) is 0 Å². The van der Waals surface area contributed by atoms with Crippen molar-refractivity contribution < 1.29 is 0 Å². The van der Waals surface area contributed by atoms with E-state index in [1.807, 2.05) is 0 Å². The normalized spacial score (nSPS) is 28.1. The first-order chi connectivity index (χ1) is 8.99. The van der Waals surface area contributed by atoms with Crippen LogP contribution in [0.4, 0.5) is 0 Å². The predicted octanol–water partition coefficient (Wildman–Crippen LogP) is 2.32. The lowest BCUT2D eigenvalue weighted by atomic mass is 9.98. The fourth-order valence-electron chi connectivity index (χ4n) is 3.47. The van der Waals surface area contributed by atoms with Crippen LogP contribution in [0, 0.1) is 0 Å². The number of nitrogens with one attached hydrogen (secondary N) is 1.